The van der Waals surface area contributed by atoms with Gasteiger partial charge in [-0.3, -0.25) is 0 Å². The van der Waals surface area contributed by atoms with Crippen LogP contribution in [0, 0.1) is 0 Å². The van der Waals surface area contributed by atoms with Crippen LogP contribution in [0.2, 0.25) is 0 Å². The minimum atomic E-state index is -0.233. The first-order valence-electron chi connectivity index (χ1n) is 8.97. The zero-order valence-electron chi connectivity index (χ0n) is 15.0. The average molecular weight is 310 g/mol. The highest BCUT2D eigenvalue weighted by atomic mass is 16.5. The van der Waals surface area contributed by atoms with Crippen molar-refractivity contribution in [2.24, 2.45) is 0 Å². The van der Waals surface area contributed by atoms with Gasteiger partial charge in [0.15, 0.2) is 0 Å². The Morgan fingerprint density at radius 2 is 0.870 bits per heavy atom. The van der Waals surface area contributed by atoms with Crippen molar-refractivity contribution < 1.29 is 4.74 Å². The van der Waals surface area contributed by atoms with Crippen LogP contribution in [0.3, 0.4) is 0 Å². The highest BCUT2D eigenvalue weighted by Gasteiger charge is 2.40. The van der Waals surface area contributed by atoms with E-state index in [2.05, 4.69) is 88.4 Å². The van der Waals surface area contributed by atoms with Crippen LogP contribution in [0.5, 0.6) is 0 Å². The molecular weight excluding hydrogens is 280 g/mol. The molecule has 0 radical (unpaired) electrons. The van der Waals surface area contributed by atoms with Gasteiger partial charge in [0, 0.05) is 0 Å². The van der Waals surface area contributed by atoms with E-state index in [9.17, 15) is 0 Å². The molecule has 23 heavy (non-hydrogen) atoms. The highest BCUT2D eigenvalue weighted by Crippen LogP contribution is 2.44. The molecular formula is C22H30O. The summed E-state index contributed by atoms with van der Waals surface area (Å²) in [6.07, 6.45) is 3.90. The summed E-state index contributed by atoms with van der Waals surface area (Å²) in [6.45, 7) is 8.93. The van der Waals surface area contributed by atoms with Crippen LogP contribution < -0.4 is 0 Å². The lowest BCUT2D eigenvalue weighted by Crippen LogP contribution is -2.40. The summed E-state index contributed by atoms with van der Waals surface area (Å²) in [7, 11) is 0. The molecule has 2 rings (SSSR count). The van der Waals surface area contributed by atoms with Crippen molar-refractivity contribution in [2.45, 2.75) is 64.6 Å². The minimum Gasteiger partial charge on any atom is -0.359 e. The fourth-order valence-corrected chi connectivity index (χ4v) is 3.58. The van der Waals surface area contributed by atoms with Gasteiger partial charge in [-0.25, -0.2) is 0 Å². The van der Waals surface area contributed by atoms with Crippen molar-refractivity contribution in [3.05, 3.63) is 71.8 Å². The molecule has 1 nitrogen and oxygen atoms in total. The Kier molecular flexibility index (Phi) is 6.01. The van der Waals surface area contributed by atoms with E-state index < -0.39 is 0 Å². The molecule has 0 amide bonds. The molecule has 2 aromatic rings. The smallest absolute Gasteiger partial charge is 0.0938 e. The Hall–Kier alpha value is -1.60. The van der Waals surface area contributed by atoms with Crippen LogP contribution in [-0.4, -0.2) is 0 Å². The maximum atomic E-state index is 6.99. The van der Waals surface area contributed by atoms with Gasteiger partial charge in [0.25, 0.3) is 0 Å². The molecule has 1 heteroatoms. The monoisotopic (exact) mass is 310 g/mol. The van der Waals surface area contributed by atoms with E-state index in [4.69, 9.17) is 4.74 Å². The van der Waals surface area contributed by atoms with E-state index in [1.165, 1.54) is 11.1 Å². The third-order valence-electron chi connectivity index (χ3n) is 5.27. The molecule has 0 saturated heterocycles. The van der Waals surface area contributed by atoms with E-state index in [0.717, 1.165) is 25.7 Å². The molecule has 0 bridgehead atoms. The van der Waals surface area contributed by atoms with Gasteiger partial charge in [0.1, 0.15) is 0 Å². The fraction of sp³-hybridized carbons (Fsp3) is 0.455. The number of ether oxygens (including phenoxy) is 1. The Bertz CT molecular complexity index is 512. The summed E-state index contributed by atoms with van der Waals surface area (Å²) < 4.78 is 6.99. The maximum absolute atomic E-state index is 6.99. The summed E-state index contributed by atoms with van der Waals surface area (Å²) in [6, 6.07) is 21.4. The van der Waals surface area contributed by atoms with E-state index in [0.29, 0.717) is 0 Å². The van der Waals surface area contributed by atoms with Crippen molar-refractivity contribution in [1.29, 1.82) is 0 Å². The van der Waals surface area contributed by atoms with Gasteiger partial charge in [-0.15, -0.1) is 0 Å². The lowest BCUT2D eigenvalue weighted by Gasteiger charge is -2.44. The molecule has 0 unspecified atom stereocenters. The van der Waals surface area contributed by atoms with Gasteiger partial charge in [-0.2, -0.15) is 0 Å². The van der Waals surface area contributed by atoms with Crippen molar-refractivity contribution in [3.8, 4) is 0 Å². The first-order chi connectivity index (χ1) is 11.2. The van der Waals surface area contributed by atoms with Crippen molar-refractivity contribution in [1.82, 2.24) is 0 Å². The number of hydrogen-bond acceptors (Lipinski definition) is 1. The second-order valence-electron chi connectivity index (χ2n) is 6.24. The van der Waals surface area contributed by atoms with Gasteiger partial charge >= 0.3 is 0 Å². The molecule has 0 aliphatic heterocycles. The fourth-order valence-electron chi connectivity index (χ4n) is 3.58. The summed E-state index contributed by atoms with van der Waals surface area (Å²) in [5.41, 5.74) is 2.10. The Morgan fingerprint density at radius 1 is 0.565 bits per heavy atom. The quantitative estimate of drug-likeness (QED) is 0.545. The van der Waals surface area contributed by atoms with Crippen molar-refractivity contribution >= 4 is 0 Å². The molecule has 0 aromatic heterocycles. The molecule has 0 N–H and O–H groups in total. The number of hydrogen-bond donors (Lipinski definition) is 0. The molecule has 0 saturated carbocycles. The zero-order chi connectivity index (χ0) is 16.8. The predicted octanol–water partition coefficient (Wildman–Crippen LogP) is 6.43. The molecule has 0 aliphatic rings. The van der Waals surface area contributed by atoms with Gasteiger partial charge in [-0.1, -0.05) is 88.4 Å². The van der Waals surface area contributed by atoms with Gasteiger partial charge in [0.2, 0.25) is 0 Å². The SMILES string of the molecule is CCC(CC)(OC(CC)(CC)c1ccccc1)c1ccccc1. The first-order valence-corrected chi connectivity index (χ1v) is 8.97. The Labute approximate surface area is 141 Å². The molecule has 0 heterocycles. The van der Waals surface area contributed by atoms with E-state index in [-0.39, 0.29) is 11.2 Å². The highest BCUT2D eigenvalue weighted by molar-refractivity contribution is 5.26. The molecule has 0 atom stereocenters. The number of benzene rings is 2. The molecule has 0 aliphatic carbocycles. The number of rotatable bonds is 8. The standard InChI is InChI=1S/C22H30O/c1-5-21(6-2,19-15-11-9-12-16-19)23-22(7-3,8-4)20-17-13-10-14-18-20/h9-18H,5-8H2,1-4H3. The minimum absolute atomic E-state index is 0.233. The molecule has 124 valence electrons. The zero-order valence-corrected chi connectivity index (χ0v) is 15.0. The average Bonchev–Trinajstić information content (AvgIpc) is 2.65. The largest absolute Gasteiger partial charge is 0.359 e. The van der Waals surface area contributed by atoms with Crippen LogP contribution in [-0.2, 0) is 15.9 Å². The third-order valence-corrected chi connectivity index (χ3v) is 5.27. The van der Waals surface area contributed by atoms with E-state index in [1.807, 2.05) is 0 Å². The summed E-state index contributed by atoms with van der Waals surface area (Å²) >= 11 is 0. The molecule has 0 fully saturated rings. The Balaban J connectivity index is 2.48. The molecule has 2 aromatic carbocycles. The van der Waals surface area contributed by atoms with Gasteiger partial charge in [-0.05, 0) is 36.8 Å². The summed E-state index contributed by atoms with van der Waals surface area (Å²) in [5.74, 6) is 0. The third kappa shape index (κ3) is 3.50. The van der Waals surface area contributed by atoms with E-state index in [1.54, 1.807) is 0 Å². The summed E-state index contributed by atoms with van der Waals surface area (Å²) in [4.78, 5) is 0. The molecule has 0 spiro atoms. The second kappa shape index (κ2) is 7.79. The lowest BCUT2D eigenvalue weighted by molar-refractivity contribution is -0.177. The van der Waals surface area contributed by atoms with Crippen LogP contribution in [0.4, 0.5) is 0 Å². The second-order valence-corrected chi connectivity index (χ2v) is 6.24. The van der Waals surface area contributed by atoms with Crippen LogP contribution in [0.1, 0.15) is 64.5 Å². The van der Waals surface area contributed by atoms with Gasteiger partial charge < -0.3 is 4.74 Å². The Morgan fingerprint density at radius 3 is 1.13 bits per heavy atom. The lowest BCUT2D eigenvalue weighted by atomic mass is 9.83. The van der Waals surface area contributed by atoms with E-state index >= 15 is 0 Å². The summed E-state index contributed by atoms with van der Waals surface area (Å²) in [5, 5.41) is 0. The normalized spacial score (nSPS) is 12.3. The van der Waals surface area contributed by atoms with Crippen LogP contribution in [0.15, 0.2) is 60.7 Å². The predicted molar refractivity (Wildman–Crippen MR) is 98.5 cm³/mol. The van der Waals surface area contributed by atoms with Gasteiger partial charge in [0.05, 0.1) is 11.2 Å². The van der Waals surface area contributed by atoms with Crippen molar-refractivity contribution in [3.63, 3.8) is 0 Å². The van der Waals surface area contributed by atoms with Crippen LogP contribution >= 0.6 is 0 Å². The van der Waals surface area contributed by atoms with Crippen LogP contribution in [0.25, 0.3) is 0 Å². The maximum Gasteiger partial charge on any atom is 0.0938 e. The van der Waals surface area contributed by atoms with Crippen molar-refractivity contribution in [2.75, 3.05) is 0 Å². The first kappa shape index (κ1) is 17.7. The topological polar surface area (TPSA) is 9.23 Å².